The van der Waals surface area contributed by atoms with Gasteiger partial charge < -0.3 is 0 Å². The fourth-order valence-electron chi connectivity index (χ4n) is 0.848. The average molecular weight is 462 g/mol. The second-order valence-corrected chi connectivity index (χ2v) is 17.8. The predicted octanol–water partition coefficient (Wildman–Crippen LogP) is 4.84. The molecule has 0 saturated carbocycles. The normalized spacial score (nSPS) is 13.0. The first-order chi connectivity index (χ1) is 6.21. The molecule has 0 aliphatic rings. The first-order valence-electron chi connectivity index (χ1n) is 3.46. The van der Waals surface area contributed by atoms with Crippen molar-refractivity contribution in [2.75, 3.05) is 0 Å². The first kappa shape index (κ1) is 13.8. The summed E-state index contributed by atoms with van der Waals surface area (Å²) in [5.41, 5.74) is 1.00. The average Bonchev–Trinajstić information content (AvgIpc) is 2.01. The van der Waals surface area contributed by atoms with E-state index in [1.807, 2.05) is 24.3 Å². The van der Waals surface area contributed by atoms with E-state index >= 15 is 0 Å². The monoisotopic (exact) mass is 458 g/mol. The van der Waals surface area contributed by atoms with E-state index in [0.29, 0.717) is 0 Å². The second-order valence-electron chi connectivity index (χ2n) is 2.57. The fraction of sp³-hybridized carbons (Fsp3) is 0.143. The zero-order valence-electron chi connectivity index (χ0n) is 6.58. The standard InChI is InChI=1S/C7H4Br3Cl3Si/c8-7(9,10)5-1-3-6(4-2-5)14(11,12)13/h1-4H. The summed E-state index contributed by atoms with van der Waals surface area (Å²) in [7, 11) is 0. The van der Waals surface area contributed by atoms with Crippen LogP contribution in [0.4, 0.5) is 0 Å². The van der Waals surface area contributed by atoms with Gasteiger partial charge in [-0.2, -0.15) is 0 Å². The molecule has 0 amide bonds. The van der Waals surface area contributed by atoms with Crippen LogP contribution in [0.5, 0.6) is 0 Å². The quantitative estimate of drug-likeness (QED) is 0.318. The Morgan fingerprint density at radius 1 is 0.929 bits per heavy atom. The molecule has 0 radical (unpaired) electrons. The van der Waals surface area contributed by atoms with Crippen LogP contribution in [0.3, 0.4) is 0 Å². The third-order valence-corrected chi connectivity index (χ3v) is 5.87. The molecule has 1 aromatic carbocycles. The van der Waals surface area contributed by atoms with Crippen LogP contribution in [0.2, 0.25) is 0 Å². The van der Waals surface area contributed by atoms with Gasteiger partial charge in [0.25, 0.3) is 0 Å². The van der Waals surface area contributed by atoms with Crippen molar-refractivity contribution in [2.24, 2.45) is 0 Å². The van der Waals surface area contributed by atoms with Gasteiger partial charge in [0, 0.05) is 0 Å². The number of hydrogen-bond acceptors (Lipinski definition) is 0. The molecule has 0 aliphatic carbocycles. The van der Waals surface area contributed by atoms with E-state index in [9.17, 15) is 0 Å². The summed E-state index contributed by atoms with van der Waals surface area (Å²) in [6.45, 7) is 0. The topological polar surface area (TPSA) is 0 Å². The largest absolute Gasteiger partial charge is 0.372 e. The maximum absolute atomic E-state index is 5.86. The van der Waals surface area contributed by atoms with Gasteiger partial charge >= 0.3 is 6.00 Å². The van der Waals surface area contributed by atoms with Crippen LogP contribution in [-0.4, -0.2) is 6.00 Å². The van der Waals surface area contributed by atoms with E-state index in [4.69, 9.17) is 33.2 Å². The molecule has 0 bridgehead atoms. The Kier molecular flexibility index (Phi) is 4.87. The Morgan fingerprint density at radius 3 is 1.64 bits per heavy atom. The molecule has 0 nitrogen and oxygen atoms in total. The van der Waals surface area contributed by atoms with Crippen LogP contribution < -0.4 is 5.19 Å². The Bertz CT molecular complexity index is 281. The van der Waals surface area contributed by atoms with E-state index < -0.39 is 8.15 Å². The van der Waals surface area contributed by atoms with Crippen molar-refractivity contribution >= 4 is 92.2 Å². The lowest BCUT2D eigenvalue weighted by Crippen LogP contribution is -2.29. The van der Waals surface area contributed by atoms with Gasteiger partial charge in [-0.15, -0.1) is 33.2 Å². The number of hydrogen-bond donors (Lipinski definition) is 0. The highest BCUT2D eigenvalue weighted by Crippen LogP contribution is 2.44. The summed E-state index contributed by atoms with van der Waals surface area (Å²) in [5.74, 6) is 0. The maximum Gasteiger partial charge on any atom is 0.372 e. The minimum atomic E-state index is -2.74. The third-order valence-electron chi connectivity index (χ3n) is 1.54. The smallest absolute Gasteiger partial charge is 0.121 e. The highest BCUT2D eigenvalue weighted by Gasteiger charge is 2.29. The zero-order valence-corrected chi connectivity index (χ0v) is 14.6. The summed E-state index contributed by atoms with van der Waals surface area (Å²) in [6, 6.07) is 4.69. The first-order valence-corrected chi connectivity index (χ1v) is 10.9. The van der Waals surface area contributed by atoms with Crippen molar-refractivity contribution in [3.05, 3.63) is 29.8 Å². The van der Waals surface area contributed by atoms with Gasteiger partial charge in [0.05, 0.1) is 0 Å². The summed E-state index contributed by atoms with van der Waals surface area (Å²) < 4.78 is -0.416. The van der Waals surface area contributed by atoms with Crippen molar-refractivity contribution in [1.29, 1.82) is 0 Å². The van der Waals surface area contributed by atoms with Crippen LogP contribution in [0.1, 0.15) is 5.56 Å². The molecule has 0 atom stereocenters. The Morgan fingerprint density at radius 2 is 1.36 bits per heavy atom. The van der Waals surface area contributed by atoms with Crippen LogP contribution in [0.15, 0.2) is 24.3 Å². The molecule has 1 rings (SSSR count). The molecule has 14 heavy (non-hydrogen) atoms. The van der Waals surface area contributed by atoms with E-state index in [2.05, 4.69) is 47.8 Å². The lowest BCUT2D eigenvalue weighted by atomic mass is 10.2. The molecule has 0 aliphatic heterocycles. The predicted molar refractivity (Wildman–Crippen MR) is 77.8 cm³/mol. The van der Waals surface area contributed by atoms with E-state index in [0.717, 1.165) is 10.8 Å². The van der Waals surface area contributed by atoms with Crippen LogP contribution in [0.25, 0.3) is 0 Å². The number of benzene rings is 1. The van der Waals surface area contributed by atoms with Gasteiger partial charge in [-0.25, -0.2) is 0 Å². The molecular weight excluding hydrogens is 458 g/mol. The van der Waals surface area contributed by atoms with Gasteiger partial charge in [0.2, 0.25) is 0 Å². The Labute approximate surface area is 123 Å². The summed E-state index contributed by atoms with van der Waals surface area (Å²) in [6.07, 6.45) is 0. The van der Waals surface area contributed by atoms with E-state index in [1.54, 1.807) is 0 Å². The molecule has 7 heteroatoms. The number of rotatable bonds is 1. The molecule has 0 aromatic heterocycles. The van der Waals surface area contributed by atoms with E-state index in [1.165, 1.54) is 0 Å². The number of halogens is 6. The minimum absolute atomic E-state index is 0.416. The minimum Gasteiger partial charge on any atom is -0.121 e. The Balaban J connectivity index is 3.02. The third kappa shape index (κ3) is 3.96. The molecule has 0 saturated heterocycles. The Hall–Kier alpha value is 1.75. The van der Waals surface area contributed by atoms with Crippen LogP contribution in [-0.2, 0) is 2.14 Å². The highest BCUT2D eigenvalue weighted by atomic mass is 80.0. The van der Waals surface area contributed by atoms with Crippen molar-refractivity contribution in [3.63, 3.8) is 0 Å². The molecule has 0 N–H and O–H groups in total. The SMILES string of the molecule is Cl[Si](Cl)(Cl)c1ccc(C(Br)(Br)Br)cc1. The zero-order chi connectivity index (χ0) is 11.0. The summed E-state index contributed by atoms with van der Waals surface area (Å²) in [4.78, 5) is 0. The van der Waals surface area contributed by atoms with Gasteiger partial charge in [0.1, 0.15) is 0 Å². The summed E-state index contributed by atoms with van der Waals surface area (Å²) >= 11 is 27.8. The van der Waals surface area contributed by atoms with Crippen LogP contribution >= 0.6 is 81.0 Å². The molecule has 78 valence electrons. The lowest BCUT2D eigenvalue weighted by molar-refractivity contribution is 1.38. The van der Waals surface area contributed by atoms with E-state index in [-0.39, 0.29) is 0 Å². The fourth-order valence-corrected chi connectivity index (χ4v) is 3.32. The van der Waals surface area contributed by atoms with Crippen LogP contribution in [0, 0.1) is 0 Å². The lowest BCUT2D eigenvalue weighted by Gasteiger charge is -2.14. The van der Waals surface area contributed by atoms with Crippen molar-refractivity contribution in [2.45, 2.75) is 2.14 Å². The van der Waals surface area contributed by atoms with Gasteiger partial charge in [-0.05, 0) is 10.8 Å². The number of alkyl halides is 3. The second kappa shape index (κ2) is 4.94. The summed E-state index contributed by atoms with van der Waals surface area (Å²) in [5, 5.41) is 0.781. The highest BCUT2D eigenvalue weighted by molar-refractivity contribution is 9.38. The maximum atomic E-state index is 5.86. The van der Waals surface area contributed by atoms with Gasteiger partial charge in [-0.3, -0.25) is 0 Å². The molecular formula is C7H4Br3Cl3Si. The molecule has 0 unspecified atom stereocenters. The molecule has 0 spiro atoms. The van der Waals surface area contributed by atoms with Gasteiger partial charge in [0.15, 0.2) is 2.14 Å². The van der Waals surface area contributed by atoms with Crippen molar-refractivity contribution in [3.8, 4) is 0 Å². The molecule has 0 heterocycles. The van der Waals surface area contributed by atoms with Gasteiger partial charge in [-0.1, -0.05) is 72.1 Å². The van der Waals surface area contributed by atoms with Crippen molar-refractivity contribution in [1.82, 2.24) is 0 Å². The molecule has 1 aromatic rings. The molecule has 0 fully saturated rings. The van der Waals surface area contributed by atoms with Crippen molar-refractivity contribution < 1.29 is 0 Å².